The van der Waals surface area contributed by atoms with E-state index in [2.05, 4.69) is 9.97 Å². The van der Waals surface area contributed by atoms with Gasteiger partial charge in [0, 0.05) is 6.92 Å². The van der Waals surface area contributed by atoms with Crippen LogP contribution in [0.4, 0.5) is 4.39 Å². The summed E-state index contributed by atoms with van der Waals surface area (Å²) in [5, 5.41) is 0. The van der Waals surface area contributed by atoms with Crippen LogP contribution in [0.5, 0.6) is 0 Å². The number of rotatable bonds is 2. The molecule has 0 amide bonds. The summed E-state index contributed by atoms with van der Waals surface area (Å²) in [6.07, 6.45) is 0.233. The molecule has 0 saturated heterocycles. The number of halogens is 1. The Bertz CT molecular complexity index is 267. The minimum absolute atomic E-state index is 0.183. The third-order valence-corrected chi connectivity index (χ3v) is 1.36. The molecule has 0 fully saturated rings. The van der Waals surface area contributed by atoms with E-state index in [1.807, 2.05) is 0 Å². The highest BCUT2D eigenvalue weighted by Gasteiger charge is 2.08. The normalized spacial score (nSPS) is 13.0. The van der Waals surface area contributed by atoms with E-state index in [4.69, 9.17) is 0 Å². The van der Waals surface area contributed by atoms with Crippen molar-refractivity contribution in [3.8, 4) is 0 Å². The fourth-order valence-electron chi connectivity index (χ4n) is 0.716. The predicted octanol–water partition coefficient (Wildman–Crippen LogP) is 1.64. The number of carbonyl (C=O) groups is 1. The van der Waals surface area contributed by atoms with Crippen LogP contribution in [0.2, 0.25) is 0 Å². The maximum atomic E-state index is 12.5. The van der Waals surface area contributed by atoms with Crippen LogP contribution in [0.1, 0.15) is 36.3 Å². The topological polar surface area (TPSA) is 45.8 Å². The number of ketones is 1. The van der Waals surface area contributed by atoms with Crippen molar-refractivity contribution in [3.63, 3.8) is 0 Å². The number of aromatic amines is 1. The van der Waals surface area contributed by atoms with E-state index < -0.39 is 6.17 Å². The molecule has 0 aliphatic rings. The van der Waals surface area contributed by atoms with Crippen molar-refractivity contribution in [2.75, 3.05) is 0 Å². The Labute approximate surface area is 63.6 Å². The number of nitrogens with one attached hydrogen (secondary N) is 1. The summed E-state index contributed by atoms with van der Waals surface area (Å²) in [6, 6.07) is 0. The monoisotopic (exact) mass is 156 g/mol. The fourth-order valence-corrected chi connectivity index (χ4v) is 0.716. The Morgan fingerprint density at radius 1 is 1.82 bits per heavy atom. The second-order valence-electron chi connectivity index (χ2n) is 2.36. The molecule has 1 aromatic rings. The quantitative estimate of drug-likeness (QED) is 0.661. The number of hydrogen-bond donors (Lipinski definition) is 1. The average molecular weight is 156 g/mol. The smallest absolute Gasteiger partial charge is 0.194 e. The zero-order chi connectivity index (χ0) is 8.43. The molecule has 0 radical (unpaired) electrons. The van der Waals surface area contributed by atoms with E-state index in [0.29, 0.717) is 5.69 Å². The number of H-pyrrole nitrogens is 1. The van der Waals surface area contributed by atoms with Crippen molar-refractivity contribution in [1.82, 2.24) is 9.97 Å². The van der Waals surface area contributed by atoms with Gasteiger partial charge in [0.15, 0.2) is 11.6 Å². The van der Waals surface area contributed by atoms with Crippen molar-refractivity contribution in [2.24, 2.45) is 0 Å². The Kier molecular flexibility index (Phi) is 2.03. The molecule has 0 aliphatic carbocycles. The Morgan fingerprint density at radius 3 is 2.73 bits per heavy atom. The number of alkyl halides is 1. The van der Waals surface area contributed by atoms with Gasteiger partial charge in [0.05, 0.1) is 11.9 Å². The van der Waals surface area contributed by atoms with Crippen LogP contribution in [0, 0.1) is 0 Å². The molecule has 1 heterocycles. The maximum absolute atomic E-state index is 12.5. The van der Waals surface area contributed by atoms with E-state index in [-0.39, 0.29) is 11.6 Å². The van der Waals surface area contributed by atoms with Gasteiger partial charge in [-0.3, -0.25) is 4.79 Å². The van der Waals surface area contributed by atoms with Gasteiger partial charge < -0.3 is 4.98 Å². The van der Waals surface area contributed by atoms with Crippen LogP contribution in [-0.4, -0.2) is 15.8 Å². The molecule has 0 spiro atoms. The van der Waals surface area contributed by atoms with Crippen molar-refractivity contribution in [3.05, 3.63) is 17.7 Å². The summed E-state index contributed by atoms with van der Waals surface area (Å²) in [4.78, 5) is 16.9. The van der Waals surface area contributed by atoms with Gasteiger partial charge in [0.25, 0.3) is 0 Å². The molecule has 1 aromatic heterocycles. The number of Topliss-reactive ketones (excluding diaryl/α,β-unsaturated/α-hetero) is 1. The highest BCUT2D eigenvalue weighted by Crippen LogP contribution is 2.12. The van der Waals surface area contributed by atoms with Crippen LogP contribution in [-0.2, 0) is 0 Å². The SMILES string of the molecule is CC(=O)c1ncc(C(C)F)[nH]1. The molecule has 1 rings (SSSR count). The van der Waals surface area contributed by atoms with Crippen LogP contribution in [0.15, 0.2) is 6.20 Å². The molecule has 0 aromatic carbocycles. The third-order valence-electron chi connectivity index (χ3n) is 1.36. The lowest BCUT2D eigenvalue weighted by Gasteiger charge is -1.93. The molecular formula is C7H9FN2O. The van der Waals surface area contributed by atoms with E-state index >= 15 is 0 Å². The van der Waals surface area contributed by atoms with E-state index in [0.717, 1.165) is 0 Å². The van der Waals surface area contributed by atoms with E-state index in [1.54, 1.807) is 0 Å². The van der Waals surface area contributed by atoms with Crippen molar-refractivity contribution >= 4 is 5.78 Å². The molecule has 4 heteroatoms. The van der Waals surface area contributed by atoms with Gasteiger partial charge in [-0.15, -0.1) is 0 Å². The Morgan fingerprint density at radius 2 is 2.45 bits per heavy atom. The summed E-state index contributed by atoms with van der Waals surface area (Å²) in [7, 11) is 0. The molecule has 0 bridgehead atoms. The number of nitrogens with zero attached hydrogens (tertiary/aromatic N) is 1. The summed E-state index contributed by atoms with van der Waals surface area (Å²) in [5.74, 6) is 0.0291. The zero-order valence-electron chi connectivity index (χ0n) is 6.39. The molecule has 1 atom stereocenters. The van der Waals surface area contributed by atoms with Gasteiger partial charge in [0.1, 0.15) is 6.17 Å². The third kappa shape index (κ3) is 1.63. The van der Waals surface area contributed by atoms with Gasteiger partial charge in [-0.25, -0.2) is 9.37 Å². The number of carbonyl (C=O) groups excluding carboxylic acids is 1. The van der Waals surface area contributed by atoms with E-state index in [1.165, 1.54) is 20.0 Å². The zero-order valence-corrected chi connectivity index (χ0v) is 6.39. The average Bonchev–Trinajstić information content (AvgIpc) is 2.33. The standard InChI is InChI=1S/C7H9FN2O/c1-4(8)6-3-9-7(10-6)5(2)11/h3-4H,1-2H3,(H,9,10). The molecule has 60 valence electrons. The minimum atomic E-state index is -1.10. The number of hydrogen-bond acceptors (Lipinski definition) is 2. The number of imidazole rings is 1. The Balaban J connectivity index is 2.90. The predicted molar refractivity (Wildman–Crippen MR) is 38.1 cm³/mol. The highest BCUT2D eigenvalue weighted by molar-refractivity contribution is 5.90. The van der Waals surface area contributed by atoms with Crippen molar-refractivity contribution in [2.45, 2.75) is 20.0 Å². The van der Waals surface area contributed by atoms with Crippen LogP contribution < -0.4 is 0 Å². The van der Waals surface area contributed by atoms with Gasteiger partial charge in [-0.2, -0.15) is 0 Å². The minimum Gasteiger partial charge on any atom is -0.337 e. The second kappa shape index (κ2) is 2.82. The molecule has 11 heavy (non-hydrogen) atoms. The summed E-state index contributed by atoms with van der Waals surface area (Å²) in [5.41, 5.74) is 0.343. The van der Waals surface area contributed by atoms with Gasteiger partial charge in [-0.1, -0.05) is 0 Å². The lowest BCUT2D eigenvalue weighted by molar-refractivity contribution is 0.100. The van der Waals surface area contributed by atoms with Gasteiger partial charge in [0.2, 0.25) is 0 Å². The first-order chi connectivity index (χ1) is 5.11. The first-order valence-electron chi connectivity index (χ1n) is 3.31. The summed E-state index contributed by atoms with van der Waals surface area (Å²) < 4.78 is 12.5. The van der Waals surface area contributed by atoms with Gasteiger partial charge >= 0.3 is 0 Å². The largest absolute Gasteiger partial charge is 0.337 e. The van der Waals surface area contributed by atoms with Crippen molar-refractivity contribution in [1.29, 1.82) is 0 Å². The van der Waals surface area contributed by atoms with E-state index in [9.17, 15) is 9.18 Å². The molecular weight excluding hydrogens is 147 g/mol. The molecule has 1 N–H and O–H groups in total. The first kappa shape index (κ1) is 7.91. The fraction of sp³-hybridized carbons (Fsp3) is 0.429. The summed E-state index contributed by atoms with van der Waals surface area (Å²) >= 11 is 0. The maximum Gasteiger partial charge on any atom is 0.194 e. The van der Waals surface area contributed by atoms with Crippen LogP contribution in [0.25, 0.3) is 0 Å². The first-order valence-corrected chi connectivity index (χ1v) is 3.31. The Hall–Kier alpha value is -1.19. The molecule has 0 saturated carbocycles. The molecule has 0 aliphatic heterocycles. The van der Waals surface area contributed by atoms with Crippen LogP contribution in [0.3, 0.4) is 0 Å². The van der Waals surface area contributed by atoms with Gasteiger partial charge in [-0.05, 0) is 6.92 Å². The summed E-state index contributed by atoms with van der Waals surface area (Å²) in [6.45, 7) is 2.77. The molecule has 3 nitrogen and oxygen atoms in total. The highest BCUT2D eigenvalue weighted by atomic mass is 19.1. The lowest BCUT2D eigenvalue weighted by Crippen LogP contribution is -1.95. The second-order valence-corrected chi connectivity index (χ2v) is 2.36. The number of aromatic nitrogens is 2. The lowest BCUT2D eigenvalue weighted by atomic mass is 10.3. The van der Waals surface area contributed by atoms with Crippen molar-refractivity contribution < 1.29 is 9.18 Å². The molecule has 1 unspecified atom stereocenters. The van der Waals surface area contributed by atoms with Crippen LogP contribution >= 0.6 is 0 Å².